The van der Waals surface area contributed by atoms with E-state index in [1.807, 2.05) is 62.4 Å². The lowest BCUT2D eigenvalue weighted by molar-refractivity contribution is -0.192. The molecule has 4 atom stereocenters. The van der Waals surface area contributed by atoms with E-state index in [1.165, 1.54) is 5.56 Å². The molecule has 1 fully saturated rings. The molecule has 2 aromatic carbocycles. The second kappa shape index (κ2) is 24.2. The predicted octanol–water partition coefficient (Wildman–Crippen LogP) is 2.76. The van der Waals surface area contributed by atoms with Gasteiger partial charge in [0, 0.05) is 38.6 Å². The van der Waals surface area contributed by atoms with E-state index in [2.05, 4.69) is 45.2 Å². The van der Waals surface area contributed by atoms with Gasteiger partial charge in [-0.05, 0) is 61.6 Å². The molecule has 0 spiro atoms. The van der Waals surface area contributed by atoms with Gasteiger partial charge in [-0.3, -0.25) is 19.2 Å². The lowest BCUT2D eigenvalue weighted by atomic mass is 9.88. The van der Waals surface area contributed by atoms with Crippen LogP contribution in [0.15, 0.2) is 60.7 Å². The first kappa shape index (κ1) is 48.6. The number of carboxylic acids is 2. The Kier molecular flexibility index (Phi) is 20.7. The number of piperidine rings is 1. The molecule has 1 aliphatic heterocycles. The van der Waals surface area contributed by atoms with Gasteiger partial charge in [0.15, 0.2) is 0 Å². The smallest absolute Gasteiger partial charge is 0.480 e. The van der Waals surface area contributed by atoms with Crippen LogP contribution in [-0.2, 0) is 30.4 Å². The van der Waals surface area contributed by atoms with E-state index >= 15 is 0 Å². The Morgan fingerprint density at radius 2 is 1.40 bits per heavy atom. The third kappa shape index (κ3) is 18.5. The van der Waals surface area contributed by atoms with Crippen LogP contribution in [0.5, 0.6) is 0 Å². The Morgan fingerprint density at radius 3 is 1.93 bits per heavy atom. The zero-order valence-electron chi connectivity index (χ0n) is 33.0. The Balaban J connectivity index is 0.00000146. The molecular formula is C40H60F3N7O7. The Hall–Kier alpha value is -4.58. The number of halogens is 3. The van der Waals surface area contributed by atoms with Crippen molar-refractivity contribution < 1.29 is 47.4 Å². The Morgan fingerprint density at radius 1 is 0.842 bits per heavy atom. The van der Waals surface area contributed by atoms with Crippen LogP contribution < -0.4 is 32.7 Å². The van der Waals surface area contributed by atoms with Gasteiger partial charge < -0.3 is 47.8 Å². The van der Waals surface area contributed by atoms with E-state index in [-0.39, 0.29) is 42.7 Å². The number of carboxylic acid groups (broad SMARTS) is 2. The number of benzene rings is 2. The lowest BCUT2D eigenvalue weighted by Crippen LogP contribution is -2.59. The first-order valence-corrected chi connectivity index (χ1v) is 19.3. The summed E-state index contributed by atoms with van der Waals surface area (Å²) < 4.78 is 31.7. The van der Waals surface area contributed by atoms with Crippen molar-refractivity contribution in [2.75, 3.05) is 39.3 Å². The second-order valence-corrected chi connectivity index (χ2v) is 15.0. The number of nitrogens with one attached hydrogen (secondary N) is 4. The van der Waals surface area contributed by atoms with Gasteiger partial charge in [0.1, 0.15) is 17.6 Å². The van der Waals surface area contributed by atoms with Gasteiger partial charge in [0.2, 0.25) is 17.7 Å². The van der Waals surface area contributed by atoms with Crippen molar-refractivity contribution in [2.45, 2.75) is 101 Å². The average Bonchev–Trinajstić information content (AvgIpc) is 3.15. The third-order valence-corrected chi connectivity index (χ3v) is 9.63. The van der Waals surface area contributed by atoms with Crippen molar-refractivity contribution in [2.24, 2.45) is 17.4 Å². The minimum Gasteiger partial charge on any atom is -0.480 e. The van der Waals surface area contributed by atoms with Gasteiger partial charge in [0.25, 0.3) is 0 Å². The predicted molar refractivity (Wildman–Crippen MR) is 210 cm³/mol. The molecule has 17 heteroatoms. The molecule has 1 aliphatic rings. The lowest BCUT2D eigenvalue weighted by Gasteiger charge is -2.38. The summed E-state index contributed by atoms with van der Waals surface area (Å²) in [5, 5.41) is 28.9. The molecule has 0 unspecified atom stereocenters. The van der Waals surface area contributed by atoms with Gasteiger partial charge in [-0.1, -0.05) is 87.9 Å². The zero-order chi connectivity index (χ0) is 42.6. The summed E-state index contributed by atoms with van der Waals surface area (Å²) in [4.78, 5) is 63.5. The number of nitrogens with two attached hydrogens (primary N) is 2. The molecule has 0 aliphatic carbocycles. The fourth-order valence-electron chi connectivity index (χ4n) is 6.29. The number of aliphatic carboxylic acids is 2. The van der Waals surface area contributed by atoms with Gasteiger partial charge in [0.05, 0.1) is 6.54 Å². The summed E-state index contributed by atoms with van der Waals surface area (Å²) in [6.45, 7) is 8.82. The maximum Gasteiger partial charge on any atom is 0.490 e. The maximum absolute atomic E-state index is 13.9. The van der Waals surface area contributed by atoms with Crippen molar-refractivity contribution >= 4 is 29.7 Å². The summed E-state index contributed by atoms with van der Waals surface area (Å²) in [6, 6.07) is 17.6. The molecule has 1 saturated heterocycles. The quantitative estimate of drug-likeness (QED) is 0.0856. The van der Waals surface area contributed by atoms with Crippen LogP contribution >= 0.6 is 0 Å². The fourth-order valence-corrected chi connectivity index (χ4v) is 6.29. The van der Waals surface area contributed by atoms with Gasteiger partial charge in [-0.15, -0.1) is 0 Å². The Bertz CT molecular complexity index is 1540. The number of carbonyl (C=O) groups excluding carboxylic acids is 3. The second-order valence-electron chi connectivity index (χ2n) is 15.0. The molecule has 3 amide bonds. The zero-order valence-corrected chi connectivity index (χ0v) is 33.0. The number of amides is 3. The SMILES string of the molecule is CC(C)C[C@@H](NC(=O)[C@@H](Cc1ccccc1)NC(=O)CNC[C@H](C)c1ccccc1)C(=O)N[C@H](CCCCN)CN1CCC(N)(C(=O)O)CC1.O=C(O)C(F)(F)F. The number of rotatable bonds is 21. The molecule has 0 radical (unpaired) electrons. The summed E-state index contributed by atoms with van der Waals surface area (Å²) >= 11 is 0. The monoisotopic (exact) mass is 807 g/mol. The fraction of sp³-hybridized carbons (Fsp3) is 0.575. The van der Waals surface area contributed by atoms with Gasteiger partial charge in [-0.25, -0.2) is 4.79 Å². The minimum atomic E-state index is -5.08. The van der Waals surface area contributed by atoms with Crippen LogP contribution in [0.1, 0.15) is 76.3 Å². The topological polar surface area (TPSA) is 229 Å². The van der Waals surface area contributed by atoms with Crippen molar-refractivity contribution in [3.8, 4) is 0 Å². The van der Waals surface area contributed by atoms with Crippen molar-refractivity contribution in [3.63, 3.8) is 0 Å². The molecule has 1 heterocycles. The number of likely N-dealkylation sites (tertiary alicyclic amines) is 1. The third-order valence-electron chi connectivity index (χ3n) is 9.63. The van der Waals surface area contributed by atoms with Crippen LogP contribution in [0.4, 0.5) is 13.2 Å². The number of hydrogen-bond acceptors (Lipinski definition) is 9. The number of nitrogens with zero attached hydrogens (tertiary/aromatic N) is 1. The first-order valence-electron chi connectivity index (χ1n) is 19.3. The Labute approximate surface area is 332 Å². The minimum absolute atomic E-state index is 0.0460. The summed E-state index contributed by atoms with van der Waals surface area (Å²) in [5.74, 6) is -4.46. The van der Waals surface area contributed by atoms with Gasteiger partial charge >= 0.3 is 18.1 Å². The molecule has 0 aromatic heterocycles. The van der Waals surface area contributed by atoms with Crippen molar-refractivity contribution in [1.82, 2.24) is 26.2 Å². The number of hydrogen-bond donors (Lipinski definition) is 8. The molecule has 318 valence electrons. The highest BCUT2D eigenvalue weighted by Crippen LogP contribution is 2.21. The molecule has 0 saturated carbocycles. The highest BCUT2D eigenvalue weighted by molar-refractivity contribution is 5.92. The summed E-state index contributed by atoms with van der Waals surface area (Å²) in [6.07, 6.45) is -1.43. The molecule has 2 aromatic rings. The highest BCUT2D eigenvalue weighted by Gasteiger charge is 2.39. The van der Waals surface area contributed by atoms with Crippen LogP contribution in [0.3, 0.4) is 0 Å². The molecule has 57 heavy (non-hydrogen) atoms. The van der Waals surface area contributed by atoms with Crippen LogP contribution in [0.25, 0.3) is 0 Å². The van der Waals surface area contributed by atoms with Crippen molar-refractivity contribution in [3.05, 3.63) is 71.8 Å². The summed E-state index contributed by atoms with van der Waals surface area (Å²) in [5.41, 5.74) is 12.7. The van der Waals surface area contributed by atoms with Crippen LogP contribution in [-0.4, -0.2) is 114 Å². The van der Waals surface area contributed by atoms with Crippen LogP contribution in [0, 0.1) is 5.92 Å². The van der Waals surface area contributed by atoms with E-state index in [4.69, 9.17) is 21.4 Å². The number of alkyl halides is 3. The standard InChI is InChI=1S/C38H59N7O5.C2HF3O2/c1-27(2)22-32(35(47)42-31(16-10-11-19-39)26-45-20-17-38(40,18-21-45)37(49)50)44-36(48)33(23-29-12-6-4-7-13-29)43-34(46)25-41-24-28(3)30-14-8-5-9-15-30;3-2(4,5)1(6)7/h4-9,12-15,27-28,31-33,41H,10-11,16-26,39-40H2,1-3H3,(H,42,47)(H,43,46)(H,44,48)(H,49,50);(H,6,7)/t28-,31+,32+,33+;/m0./s1. The molecular weight excluding hydrogens is 747 g/mol. The summed E-state index contributed by atoms with van der Waals surface area (Å²) in [7, 11) is 0. The largest absolute Gasteiger partial charge is 0.490 e. The van der Waals surface area contributed by atoms with Gasteiger partial charge in [-0.2, -0.15) is 13.2 Å². The van der Waals surface area contributed by atoms with E-state index in [9.17, 15) is 37.5 Å². The van der Waals surface area contributed by atoms with E-state index < -0.39 is 41.6 Å². The molecule has 3 rings (SSSR count). The van der Waals surface area contributed by atoms with E-state index in [0.717, 1.165) is 18.4 Å². The van der Waals surface area contributed by atoms with Crippen molar-refractivity contribution in [1.29, 1.82) is 0 Å². The molecule has 14 nitrogen and oxygen atoms in total. The molecule has 10 N–H and O–H groups in total. The highest BCUT2D eigenvalue weighted by atomic mass is 19.4. The van der Waals surface area contributed by atoms with E-state index in [0.29, 0.717) is 58.4 Å². The van der Waals surface area contributed by atoms with E-state index in [1.54, 1.807) is 0 Å². The number of carbonyl (C=O) groups is 5. The van der Waals surface area contributed by atoms with Crippen LogP contribution in [0.2, 0.25) is 0 Å². The first-order chi connectivity index (χ1) is 26.8. The average molecular weight is 808 g/mol. The number of unbranched alkanes of at least 4 members (excludes halogenated alkanes) is 1. The normalized spacial score (nSPS) is 16.2. The maximum atomic E-state index is 13.9. The molecule has 0 bridgehead atoms.